The smallest absolute Gasteiger partial charge is 0.238 e. The average molecular weight is 334 g/mol. The van der Waals surface area contributed by atoms with Crippen LogP contribution in [0.2, 0.25) is 0 Å². The summed E-state index contributed by atoms with van der Waals surface area (Å²) in [6.07, 6.45) is 3.24. The van der Waals surface area contributed by atoms with Gasteiger partial charge in [-0.1, -0.05) is 6.07 Å². The van der Waals surface area contributed by atoms with Crippen LogP contribution in [0.5, 0.6) is 0 Å². The van der Waals surface area contributed by atoms with Gasteiger partial charge < -0.3 is 9.32 Å². The first-order valence-corrected chi connectivity index (χ1v) is 8.93. The van der Waals surface area contributed by atoms with E-state index in [2.05, 4.69) is 0 Å². The third-order valence-corrected chi connectivity index (χ3v) is 4.95. The Morgan fingerprint density at radius 3 is 2.78 bits per heavy atom. The van der Waals surface area contributed by atoms with Crippen molar-refractivity contribution in [2.75, 3.05) is 6.54 Å². The van der Waals surface area contributed by atoms with Gasteiger partial charge in [0.05, 0.1) is 11.2 Å². The lowest BCUT2D eigenvalue weighted by atomic mass is 9.99. The number of hydrogen-bond acceptors (Lipinski definition) is 4. The molecule has 0 saturated carbocycles. The number of primary sulfonamides is 1. The summed E-state index contributed by atoms with van der Waals surface area (Å²) in [7, 11) is -3.73. The molecule has 1 aliphatic rings. The molecule has 7 heteroatoms. The van der Waals surface area contributed by atoms with Crippen molar-refractivity contribution < 1.29 is 17.6 Å². The zero-order chi connectivity index (χ0) is 16.4. The topological polar surface area (TPSA) is 93.6 Å². The molecular formula is C16H18N2O4S. The first-order valence-electron chi connectivity index (χ1n) is 7.38. The van der Waals surface area contributed by atoms with Gasteiger partial charge >= 0.3 is 0 Å². The number of carbonyl (C=O) groups excluding carboxylic acids is 1. The largest absolute Gasteiger partial charge is 0.469 e. The van der Waals surface area contributed by atoms with Crippen LogP contribution in [-0.2, 0) is 34.2 Å². The van der Waals surface area contributed by atoms with E-state index in [1.807, 2.05) is 6.07 Å². The number of nitrogens with zero attached hydrogens (tertiary/aromatic N) is 1. The average Bonchev–Trinajstić information content (AvgIpc) is 3.04. The van der Waals surface area contributed by atoms with Crippen molar-refractivity contribution in [2.45, 2.75) is 30.7 Å². The molecule has 122 valence electrons. The molecule has 0 radical (unpaired) electrons. The Morgan fingerprint density at radius 1 is 1.26 bits per heavy atom. The second-order valence-electron chi connectivity index (χ2n) is 5.62. The van der Waals surface area contributed by atoms with Crippen LogP contribution < -0.4 is 5.14 Å². The van der Waals surface area contributed by atoms with Crippen LogP contribution in [0.15, 0.2) is 45.9 Å². The van der Waals surface area contributed by atoms with Crippen LogP contribution >= 0.6 is 0 Å². The van der Waals surface area contributed by atoms with Crippen molar-refractivity contribution >= 4 is 15.9 Å². The van der Waals surface area contributed by atoms with E-state index in [0.717, 1.165) is 16.9 Å². The predicted molar refractivity (Wildman–Crippen MR) is 84.0 cm³/mol. The second-order valence-corrected chi connectivity index (χ2v) is 7.18. The summed E-state index contributed by atoms with van der Waals surface area (Å²) >= 11 is 0. The summed E-state index contributed by atoms with van der Waals surface area (Å²) in [4.78, 5) is 14.2. The van der Waals surface area contributed by atoms with Gasteiger partial charge in [0.25, 0.3) is 0 Å². The van der Waals surface area contributed by atoms with Gasteiger partial charge in [-0.05, 0) is 41.8 Å². The van der Waals surface area contributed by atoms with Crippen LogP contribution in [0.4, 0.5) is 0 Å². The second kappa shape index (κ2) is 6.17. The van der Waals surface area contributed by atoms with Gasteiger partial charge in [-0.2, -0.15) is 0 Å². The fraction of sp³-hybridized carbons (Fsp3) is 0.312. The minimum absolute atomic E-state index is 0.0352. The van der Waals surface area contributed by atoms with Crippen LogP contribution in [0.25, 0.3) is 0 Å². The quantitative estimate of drug-likeness (QED) is 0.915. The van der Waals surface area contributed by atoms with E-state index < -0.39 is 10.0 Å². The summed E-state index contributed by atoms with van der Waals surface area (Å²) in [5, 5.41) is 5.17. The minimum atomic E-state index is -3.73. The van der Waals surface area contributed by atoms with E-state index >= 15 is 0 Å². The summed E-state index contributed by atoms with van der Waals surface area (Å²) in [6.45, 7) is 1.05. The number of amides is 1. The number of nitrogens with two attached hydrogens (primary N) is 1. The maximum atomic E-state index is 12.3. The van der Waals surface area contributed by atoms with Gasteiger partial charge in [0.15, 0.2) is 0 Å². The maximum Gasteiger partial charge on any atom is 0.238 e. The zero-order valence-corrected chi connectivity index (χ0v) is 13.4. The molecule has 0 spiro atoms. The highest BCUT2D eigenvalue weighted by Gasteiger charge is 2.22. The molecule has 0 saturated heterocycles. The molecule has 1 aromatic carbocycles. The van der Waals surface area contributed by atoms with Crippen molar-refractivity contribution in [1.29, 1.82) is 0 Å². The van der Waals surface area contributed by atoms with E-state index in [1.165, 1.54) is 6.07 Å². The highest BCUT2D eigenvalue weighted by atomic mass is 32.2. The van der Waals surface area contributed by atoms with Gasteiger partial charge in [-0.15, -0.1) is 0 Å². The van der Waals surface area contributed by atoms with Crippen molar-refractivity contribution in [1.82, 2.24) is 4.90 Å². The Kier molecular flexibility index (Phi) is 4.23. The molecule has 0 unspecified atom stereocenters. The summed E-state index contributed by atoms with van der Waals surface area (Å²) in [5.74, 6) is 0.820. The lowest BCUT2D eigenvalue weighted by molar-refractivity contribution is -0.132. The van der Waals surface area contributed by atoms with E-state index in [9.17, 15) is 13.2 Å². The van der Waals surface area contributed by atoms with Crippen molar-refractivity contribution in [3.63, 3.8) is 0 Å². The number of aryl methyl sites for hydroxylation is 1. The molecule has 0 fully saturated rings. The molecule has 1 amide bonds. The normalized spacial score (nSPS) is 14.6. The molecule has 6 nitrogen and oxygen atoms in total. The molecule has 3 rings (SSSR count). The first kappa shape index (κ1) is 15.8. The van der Waals surface area contributed by atoms with Gasteiger partial charge in [-0.3, -0.25) is 4.79 Å². The third kappa shape index (κ3) is 3.62. The number of rotatable bonds is 4. The molecule has 0 bridgehead atoms. The lowest BCUT2D eigenvalue weighted by Crippen LogP contribution is -2.36. The molecule has 2 N–H and O–H groups in total. The Morgan fingerprint density at radius 2 is 2.09 bits per heavy atom. The SMILES string of the molecule is NS(=O)(=O)c1ccc2c(c1)CN(C(=O)CCc1ccco1)CC2. The van der Waals surface area contributed by atoms with Gasteiger partial charge in [-0.25, -0.2) is 13.6 Å². The van der Waals surface area contributed by atoms with Crippen LogP contribution in [-0.4, -0.2) is 25.8 Å². The van der Waals surface area contributed by atoms with Crippen molar-refractivity contribution in [3.05, 3.63) is 53.5 Å². The van der Waals surface area contributed by atoms with Crippen LogP contribution in [0.3, 0.4) is 0 Å². The Hall–Kier alpha value is -2.12. The van der Waals surface area contributed by atoms with Crippen LogP contribution in [0, 0.1) is 0 Å². The molecule has 1 aliphatic heterocycles. The molecule has 1 aromatic heterocycles. The van der Waals surface area contributed by atoms with Crippen molar-refractivity contribution in [3.8, 4) is 0 Å². The molecular weight excluding hydrogens is 316 g/mol. The Balaban J connectivity index is 1.70. The van der Waals surface area contributed by atoms with Crippen LogP contribution in [0.1, 0.15) is 23.3 Å². The van der Waals surface area contributed by atoms with Gasteiger partial charge in [0, 0.05) is 25.9 Å². The lowest BCUT2D eigenvalue weighted by Gasteiger charge is -2.29. The summed E-state index contributed by atoms with van der Waals surface area (Å²) in [5.41, 5.74) is 1.90. The Labute approximate surface area is 134 Å². The first-order chi connectivity index (χ1) is 10.9. The molecule has 2 heterocycles. The highest BCUT2D eigenvalue weighted by molar-refractivity contribution is 7.89. The van der Waals surface area contributed by atoms with Gasteiger partial charge in [0.1, 0.15) is 5.76 Å². The predicted octanol–water partition coefficient (Wildman–Crippen LogP) is 1.44. The fourth-order valence-electron chi connectivity index (χ4n) is 2.77. The standard InChI is InChI=1S/C16H18N2O4S/c17-23(20,21)15-5-3-12-7-8-18(11-13(12)10-15)16(19)6-4-14-2-1-9-22-14/h1-3,5,9-10H,4,6-8,11H2,(H2,17,20,21). The summed E-state index contributed by atoms with van der Waals surface area (Å²) in [6, 6.07) is 8.50. The fourth-order valence-corrected chi connectivity index (χ4v) is 3.33. The van der Waals surface area contributed by atoms with E-state index in [1.54, 1.807) is 29.4 Å². The zero-order valence-electron chi connectivity index (χ0n) is 12.6. The molecule has 0 aliphatic carbocycles. The molecule has 0 atom stereocenters. The maximum absolute atomic E-state index is 12.3. The number of hydrogen-bond donors (Lipinski definition) is 1. The van der Waals surface area contributed by atoms with E-state index in [0.29, 0.717) is 32.4 Å². The van der Waals surface area contributed by atoms with E-state index in [4.69, 9.17) is 9.56 Å². The highest BCUT2D eigenvalue weighted by Crippen LogP contribution is 2.22. The number of furan rings is 1. The minimum Gasteiger partial charge on any atom is -0.469 e. The van der Waals surface area contributed by atoms with Gasteiger partial charge in [0.2, 0.25) is 15.9 Å². The summed E-state index contributed by atoms with van der Waals surface area (Å²) < 4.78 is 28.1. The number of carbonyl (C=O) groups is 1. The van der Waals surface area contributed by atoms with E-state index in [-0.39, 0.29) is 10.8 Å². The van der Waals surface area contributed by atoms with Crippen molar-refractivity contribution in [2.24, 2.45) is 5.14 Å². The Bertz CT molecular complexity index is 813. The third-order valence-electron chi connectivity index (χ3n) is 4.04. The molecule has 2 aromatic rings. The number of fused-ring (bicyclic) bond motifs is 1. The number of sulfonamides is 1. The molecule has 23 heavy (non-hydrogen) atoms. The monoisotopic (exact) mass is 334 g/mol. The number of benzene rings is 1.